The Labute approximate surface area is 841 Å². The Morgan fingerprint density at radius 3 is 1.04 bits per heavy atom. The van der Waals surface area contributed by atoms with Crippen molar-refractivity contribution < 1.29 is 60.6 Å². The molecule has 0 radical (unpaired) electrons. The zero-order valence-corrected chi connectivity index (χ0v) is 81.6. The van der Waals surface area contributed by atoms with Crippen LogP contribution in [0.3, 0.4) is 0 Å². The van der Waals surface area contributed by atoms with E-state index in [0.717, 1.165) is 138 Å². The van der Waals surface area contributed by atoms with E-state index in [1.54, 1.807) is 60.7 Å². The van der Waals surface area contributed by atoms with E-state index in [1.807, 2.05) is 214 Å². The summed E-state index contributed by atoms with van der Waals surface area (Å²) >= 11 is 0. The molecule has 4 atom stereocenters. The second kappa shape index (κ2) is 52.0. The molecule has 2 heterocycles. The third kappa shape index (κ3) is 32.3. The van der Waals surface area contributed by atoms with Crippen molar-refractivity contribution in [3.8, 4) is 5.75 Å². The average molecular weight is 1970 g/mol. The first kappa shape index (κ1) is 102. The number of carbonyl (C=O) groups excluding carboxylic acids is 8. The summed E-state index contributed by atoms with van der Waals surface area (Å²) in [5.74, 6) is 1.19. The first-order valence-corrected chi connectivity index (χ1v) is 50.5. The third-order valence-electron chi connectivity index (χ3n) is 25.0. The number of aryl methyl sites for hydroxylation is 2. The summed E-state index contributed by atoms with van der Waals surface area (Å²) in [6, 6.07) is 92.8. The number of benzene rings is 13. The maximum atomic E-state index is 13.1. The van der Waals surface area contributed by atoms with Gasteiger partial charge >= 0.3 is 48.2 Å². The lowest BCUT2D eigenvalue weighted by atomic mass is 9.91. The molecule has 33 heteroatoms. The van der Waals surface area contributed by atoms with Gasteiger partial charge in [-0.25, -0.2) is 46.8 Å². The van der Waals surface area contributed by atoms with E-state index in [-0.39, 0.29) is 89.0 Å². The number of hydrogen-bond acceptors (Lipinski definition) is 15. The molecule has 32 nitrogen and oxygen atoms in total. The van der Waals surface area contributed by atoms with Gasteiger partial charge < -0.3 is 88.2 Å². The summed E-state index contributed by atoms with van der Waals surface area (Å²) in [4.78, 5) is 98.1. The Morgan fingerprint density at radius 2 is 0.621 bits per heavy atom. The Morgan fingerprint density at radius 1 is 0.297 bits per heavy atom. The maximum absolute atomic E-state index is 13.1. The Kier molecular flexibility index (Phi) is 36.7. The molecule has 4 fully saturated rings. The predicted octanol–water partition coefficient (Wildman–Crippen LogP) is 24.8. The molecule has 13 aromatic carbocycles. The number of rotatable bonds is 23. The summed E-state index contributed by atoms with van der Waals surface area (Å²) in [5.41, 5.74) is 9.32. The first-order chi connectivity index (χ1) is 70.6. The maximum Gasteiger partial charge on any atom is 0.324 e. The molecule has 17 N–H and O–H groups in total. The molecular formula is C112H121N19O13S. The highest BCUT2D eigenvalue weighted by atomic mass is 32.2. The number of sulfonamides is 1. The number of urea groups is 8. The summed E-state index contributed by atoms with van der Waals surface area (Å²) in [5, 5.41) is 61.2. The van der Waals surface area contributed by atoms with Crippen LogP contribution < -0.4 is 94.5 Å². The van der Waals surface area contributed by atoms with Crippen molar-refractivity contribution in [2.75, 3.05) is 64.5 Å². The molecule has 0 aliphatic heterocycles. The molecule has 4 aliphatic rings. The molecule has 4 unspecified atom stereocenters. The number of fused-ring (bicyclic) bond motifs is 4. The van der Waals surface area contributed by atoms with Crippen LogP contribution in [0.25, 0.3) is 43.1 Å². The highest BCUT2D eigenvalue weighted by molar-refractivity contribution is 7.93. The van der Waals surface area contributed by atoms with Gasteiger partial charge in [-0.15, -0.1) is 0 Å². The number of amides is 16. The van der Waals surface area contributed by atoms with Crippen molar-refractivity contribution in [3.63, 3.8) is 0 Å². The minimum atomic E-state index is -3.75. The van der Waals surface area contributed by atoms with Crippen LogP contribution in [-0.2, 0) is 16.4 Å². The summed E-state index contributed by atoms with van der Waals surface area (Å²) in [7, 11) is -3.75. The quantitative estimate of drug-likeness (QED) is 0.0283. The van der Waals surface area contributed by atoms with Gasteiger partial charge in [0.1, 0.15) is 18.3 Å². The minimum absolute atomic E-state index is 0.00609. The van der Waals surface area contributed by atoms with Crippen LogP contribution in [0.2, 0.25) is 0 Å². The molecule has 0 saturated heterocycles. The highest BCUT2D eigenvalue weighted by Gasteiger charge is 2.29. The predicted molar refractivity (Wildman–Crippen MR) is 575 cm³/mol. The van der Waals surface area contributed by atoms with Crippen LogP contribution in [0.5, 0.6) is 5.75 Å². The molecule has 4 aliphatic carbocycles. The average Bonchev–Trinajstić information content (AvgIpc) is 1.79. The fourth-order valence-electron chi connectivity index (χ4n) is 18.1. The van der Waals surface area contributed by atoms with E-state index in [1.165, 1.54) is 79.5 Å². The topological polar surface area (TPSA) is 436 Å². The SMILES string of the molecule is Cc1cccc(NC(=O)NC2CCCC(NC(=O)Nc3cccc(C)c3)C2)c1.O=C(Nc1cccc(NC(=O)NC2CCCCC2)c1)NC1CCCCC1.O=C(Nc1cccc(NC(=O)Nc2ccon2)c1)Nc1ccon1.O=C(Nc1cccc2ccccc12)NC1CCCC(NC(=O)Nc2cccc3ccccc23)C1.O=S(=O)(Nc1cccc(OCCc2cccc3ccccc23)c1)c1cccc2ccccc12. The molecule has 16 amide bonds. The second-order valence-electron chi connectivity index (χ2n) is 36.1. The van der Waals surface area contributed by atoms with Crippen molar-refractivity contribution in [3.05, 3.63) is 333 Å². The molecule has 0 spiro atoms. The van der Waals surface area contributed by atoms with Crippen LogP contribution >= 0.6 is 0 Å². The van der Waals surface area contributed by atoms with Gasteiger partial charge in [0.2, 0.25) is 0 Å². The summed E-state index contributed by atoms with van der Waals surface area (Å²) in [6.45, 7) is 4.47. The van der Waals surface area contributed by atoms with Gasteiger partial charge in [0.15, 0.2) is 11.6 Å². The lowest BCUT2D eigenvalue weighted by Crippen LogP contribution is -2.47. The fourth-order valence-corrected chi connectivity index (χ4v) is 19.4. The summed E-state index contributed by atoms with van der Waals surface area (Å²) in [6.07, 6.45) is 21.8. The normalized spacial score (nSPS) is 15.4. The van der Waals surface area contributed by atoms with Gasteiger partial charge in [-0.3, -0.25) is 15.4 Å². The molecule has 2 aromatic heterocycles. The number of ether oxygens (including phenoxy) is 1. The monoisotopic (exact) mass is 1970 g/mol. The van der Waals surface area contributed by atoms with E-state index in [9.17, 15) is 46.8 Å². The molecular weight excluding hydrogens is 1850 g/mol. The van der Waals surface area contributed by atoms with Gasteiger partial charge in [-0.2, -0.15) is 0 Å². The zero-order valence-electron chi connectivity index (χ0n) is 80.7. The molecule has 19 rings (SSSR count). The molecule has 145 heavy (non-hydrogen) atoms. The van der Waals surface area contributed by atoms with Crippen molar-refractivity contribution in [1.82, 2.24) is 42.2 Å². The zero-order chi connectivity index (χ0) is 101. The lowest BCUT2D eigenvalue weighted by molar-refractivity contribution is 0.231. The van der Waals surface area contributed by atoms with Crippen LogP contribution in [0.1, 0.15) is 132 Å². The first-order valence-electron chi connectivity index (χ1n) is 49.0. The smallest absolute Gasteiger partial charge is 0.324 e. The number of hydrogen-bond donors (Lipinski definition) is 17. The van der Waals surface area contributed by atoms with Crippen LogP contribution in [0, 0.1) is 13.8 Å². The number of carbonyl (C=O) groups is 8. The Balaban J connectivity index is 0.000000137. The van der Waals surface area contributed by atoms with Gasteiger partial charge in [0.05, 0.1) is 28.6 Å². The number of aromatic nitrogens is 2. The fraction of sp³-hybridized carbons (Fsp3) is 0.250. The lowest BCUT2D eigenvalue weighted by Gasteiger charge is -2.30. The van der Waals surface area contributed by atoms with Crippen LogP contribution in [0.4, 0.5) is 101 Å². The number of nitrogens with one attached hydrogen (secondary N) is 17. The largest absolute Gasteiger partial charge is 0.493 e. The van der Waals surface area contributed by atoms with Crippen LogP contribution in [-0.4, -0.2) is 110 Å². The third-order valence-corrected chi connectivity index (χ3v) is 26.4. The van der Waals surface area contributed by atoms with Gasteiger partial charge in [-0.05, 0) is 226 Å². The van der Waals surface area contributed by atoms with Gasteiger partial charge in [0, 0.05) is 111 Å². The van der Waals surface area contributed by atoms with Crippen molar-refractivity contribution >= 4 is 164 Å². The van der Waals surface area contributed by atoms with E-state index >= 15 is 0 Å². The minimum Gasteiger partial charge on any atom is -0.493 e. The Hall–Kier alpha value is -17.0. The Bertz CT molecular complexity index is 6720. The highest BCUT2D eigenvalue weighted by Crippen LogP contribution is 2.32. The standard InChI is InChI=1S/C28H28N4O2.C28H23NO3S.C22H28N4O2.C20H30N4O2.C14H12N6O4/c33-27(31-25-16-5-10-19-8-1-3-14-23(19)25)29-21-12-7-13-22(18-21)30-28(34)32-26-17-6-11-20-9-2-4-15-24(20)26;30-33(31,28-17-6-12-22-9-2-4-16-27(22)28)29-24-13-7-14-25(20-24)32-19-18-23-11-5-10-21-8-1-3-15-26(21)23;1-15-6-3-8-17(12-15)23-21(27)25-19-10-5-11-20(14-19)26-22(28)24-18-9-4-7-16(2)13-18;25-19(21-15-8-3-1-4-9-15)23-17-12-7-13-18(14-17)24-20(26)22-16-10-5-2-6-11-16;21-13(17-11-4-6-23-19-11)15-9-2-1-3-10(8-9)16-14(22)18-12-5-7-24-20-12/h1-6,8-11,14-17,21-22H,7,12-13,18H2,(H2,29,31,33)(H2,30,32,34);1-17,20,29H,18-19H2;3-4,6-9,12-13,19-20H,5,10-11,14H2,1-2H3,(H2,23,25,27)(H2,24,26,28);7,12-16H,1-6,8-11H2,(H2,21,23,25)(H2,22,24,26);1-8H,(H2,15,17,19,21)(H2,16,18,20,22). The molecule has 0 bridgehead atoms. The van der Waals surface area contributed by atoms with Crippen molar-refractivity contribution in [2.24, 2.45) is 0 Å². The van der Waals surface area contributed by atoms with E-state index in [4.69, 9.17) is 4.74 Å². The van der Waals surface area contributed by atoms with Crippen molar-refractivity contribution in [1.29, 1.82) is 0 Å². The number of nitrogens with zero attached hydrogens (tertiary/aromatic N) is 2. The molecule has 15 aromatic rings. The number of anilines is 11. The second-order valence-corrected chi connectivity index (χ2v) is 37.8. The van der Waals surface area contributed by atoms with E-state index < -0.39 is 22.1 Å². The van der Waals surface area contributed by atoms with E-state index in [2.05, 4.69) is 139 Å². The molecule has 4 saturated carbocycles. The van der Waals surface area contributed by atoms with Gasteiger partial charge in [0.25, 0.3) is 10.0 Å². The van der Waals surface area contributed by atoms with E-state index in [0.29, 0.717) is 52.6 Å². The van der Waals surface area contributed by atoms with Gasteiger partial charge in [-0.1, -0.05) is 243 Å². The van der Waals surface area contributed by atoms with Crippen molar-refractivity contribution in [2.45, 2.75) is 177 Å². The molecule has 748 valence electrons. The summed E-state index contributed by atoms with van der Waals surface area (Å²) < 4.78 is 44.1. The van der Waals surface area contributed by atoms with Crippen LogP contribution in [0.15, 0.2) is 330 Å².